The van der Waals surface area contributed by atoms with E-state index in [2.05, 4.69) is 0 Å². The van der Waals surface area contributed by atoms with Gasteiger partial charge in [-0.15, -0.1) is 0 Å². The molecule has 1 unspecified atom stereocenters. The van der Waals surface area contributed by atoms with Crippen molar-refractivity contribution in [3.8, 4) is 0 Å². The molecule has 7 nitrogen and oxygen atoms in total. The van der Waals surface area contributed by atoms with Crippen molar-refractivity contribution >= 4 is 17.3 Å². The number of hydrogen-bond donors (Lipinski definition) is 1. The number of piperazine rings is 1. The van der Waals surface area contributed by atoms with Crippen LogP contribution < -0.4 is 10.6 Å². The lowest BCUT2D eigenvalue weighted by Crippen LogP contribution is -2.52. The fraction of sp³-hybridized carbons (Fsp3) is 0.500. The van der Waals surface area contributed by atoms with E-state index in [0.717, 1.165) is 12.1 Å². The van der Waals surface area contributed by atoms with Gasteiger partial charge in [0.15, 0.2) is 0 Å². The number of nitrogens with two attached hydrogens (primary N) is 1. The third-order valence-electron chi connectivity index (χ3n) is 3.82. The molecule has 2 rings (SSSR count). The van der Waals surface area contributed by atoms with Crippen molar-refractivity contribution in [2.75, 3.05) is 31.1 Å². The number of carbonyl (C=O) groups is 1. The Balaban J connectivity index is 2.21. The van der Waals surface area contributed by atoms with Gasteiger partial charge in [0.05, 0.1) is 16.5 Å². The second-order valence-electron chi connectivity index (χ2n) is 5.56. The summed E-state index contributed by atoms with van der Waals surface area (Å²) in [6, 6.07) is 1.82. The van der Waals surface area contributed by atoms with E-state index in [0.29, 0.717) is 19.2 Å². The number of nitrogens with zero attached hydrogens (tertiary/aromatic N) is 3. The van der Waals surface area contributed by atoms with Gasteiger partial charge in [0, 0.05) is 32.2 Å². The number of amides is 1. The van der Waals surface area contributed by atoms with Gasteiger partial charge in [-0.1, -0.05) is 0 Å². The molecule has 0 bridgehead atoms. The van der Waals surface area contributed by atoms with Crippen molar-refractivity contribution in [3.05, 3.63) is 33.9 Å². The van der Waals surface area contributed by atoms with E-state index < -0.39 is 28.4 Å². The third-order valence-corrected chi connectivity index (χ3v) is 3.82. The number of benzene rings is 1. The van der Waals surface area contributed by atoms with Crippen LogP contribution in [0.4, 0.5) is 24.5 Å². The number of halogens is 3. The zero-order valence-electron chi connectivity index (χ0n) is 12.9. The van der Waals surface area contributed by atoms with Crippen molar-refractivity contribution in [1.82, 2.24) is 4.90 Å². The summed E-state index contributed by atoms with van der Waals surface area (Å²) in [6.07, 6.45) is -4.65. The lowest BCUT2D eigenvalue weighted by molar-refractivity contribution is -0.384. The van der Waals surface area contributed by atoms with E-state index in [1.807, 2.05) is 0 Å². The Labute approximate surface area is 136 Å². The minimum atomic E-state index is -4.65. The van der Waals surface area contributed by atoms with Gasteiger partial charge in [-0.3, -0.25) is 14.9 Å². The number of anilines is 1. The highest BCUT2D eigenvalue weighted by atomic mass is 19.4. The van der Waals surface area contributed by atoms with Crippen LogP contribution in [0.5, 0.6) is 0 Å². The summed E-state index contributed by atoms with van der Waals surface area (Å²) in [7, 11) is 0. The largest absolute Gasteiger partial charge is 0.416 e. The first kappa shape index (κ1) is 18.0. The summed E-state index contributed by atoms with van der Waals surface area (Å²) >= 11 is 0. The summed E-state index contributed by atoms with van der Waals surface area (Å²) < 4.78 is 38.2. The molecule has 1 atom stereocenters. The molecule has 1 aromatic carbocycles. The van der Waals surface area contributed by atoms with E-state index >= 15 is 0 Å². The van der Waals surface area contributed by atoms with Crippen LogP contribution in [0.2, 0.25) is 0 Å². The number of nitro benzene ring substituents is 1. The smallest absolute Gasteiger partial charge is 0.362 e. The van der Waals surface area contributed by atoms with Crippen LogP contribution in [0.3, 0.4) is 0 Å². The fourth-order valence-corrected chi connectivity index (χ4v) is 2.57. The predicted octanol–water partition coefficient (Wildman–Crippen LogP) is 1.61. The number of hydrogen-bond acceptors (Lipinski definition) is 5. The zero-order chi connectivity index (χ0) is 18.1. The maximum Gasteiger partial charge on any atom is 0.416 e. The van der Waals surface area contributed by atoms with E-state index in [1.165, 1.54) is 4.90 Å². The van der Waals surface area contributed by atoms with Gasteiger partial charge in [-0.25, -0.2) is 0 Å². The van der Waals surface area contributed by atoms with Crippen molar-refractivity contribution < 1.29 is 22.9 Å². The molecule has 132 valence electrons. The number of nitro groups is 1. The SMILES string of the molecule is CC(N)C(=O)N1CCN(c2ccc(C(F)(F)F)cc2[N+](=O)[O-])CC1. The van der Waals surface area contributed by atoms with E-state index in [9.17, 15) is 28.1 Å². The van der Waals surface area contributed by atoms with Crippen LogP contribution in [0.1, 0.15) is 12.5 Å². The maximum absolute atomic E-state index is 12.7. The lowest BCUT2D eigenvalue weighted by Gasteiger charge is -2.36. The van der Waals surface area contributed by atoms with Gasteiger partial charge < -0.3 is 15.5 Å². The molecule has 24 heavy (non-hydrogen) atoms. The van der Waals surface area contributed by atoms with Gasteiger partial charge in [0.2, 0.25) is 5.91 Å². The molecule has 1 aliphatic heterocycles. The van der Waals surface area contributed by atoms with Crippen LogP contribution >= 0.6 is 0 Å². The molecule has 2 N–H and O–H groups in total. The second kappa shape index (κ2) is 6.63. The van der Waals surface area contributed by atoms with Crippen LogP contribution in [-0.4, -0.2) is 48.0 Å². The predicted molar refractivity (Wildman–Crippen MR) is 80.5 cm³/mol. The molecular formula is C14H17F3N4O3. The molecule has 0 radical (unpaired) electrons. The summed E-state index contributed by atoms with van der Waals surface area (Å²) in [4.78, 5) is 25.3. The fourth-order valence-electron chi connectivity index (χ4n) is 2.57. The minimum Gasteiger partial charge on any atom is -0.362 e. The third kappa shape index (κ3) is 3.75. The van der Waals surface area contributed by atoms with Crippen molar-refractivity contribution in [2.45, 2.75) is 19.1 Å². The summed E-state index contributed by atoms with van der Waals surface area (Å²) in [6.45, 7) is 2.74. The number of rotatable bonds is 3. The molecular weight excluding hydrogens is 329 g/mol. The average Bonchev–Trinajstić information content (AvgIpc) is 2.52. The highest BCUT2D eigenvalue weighted by Gasteiger charge is 2.34. The highest BCUT2D eigenvalue weighted by molar-refractivity contribution is 5.81. The monoisotopic (exact) mass is 346 g/mol. The van der Waals surface area contributed by atoms with Gasteiger partial charge >= 0.3 is 6.18 Å². The topological polar surface area (TPSA) is 92.7 Å². The maximum atomic E-state index is 12.7. The molecule has 1 aromatic rings. The van der Waals surface area contributed by atoms with E-state index in [1.54, 1.807) is 11.8 Å². The van der Waals surface area contributed by atoms with Gasteiger partial charge in [-0.05, 0) is 19.1 Å². The number of alkyl halides is 3. The summed E-state index contributed by atoms with van der Waals surface area (Å²) in [5.41, 5.74) is 3.98. The molecule has 0 spiro atoms. The van der Waals surface area contributed by atoms with Gasteiger partial charge in [0.25, 0.3) is 5.69 Å². The molecule has 0 saturated carbocycles. The lowest BCUT2D eigenvalue weighted by atomic mass is 10.1. The van der Waals surface area contributed by atoms with Crippen molar-refractivity contribution in [2.24, 2.45) is 5.73 Å². The molecule has 1 amide bonds. The molecule has 1 fully saturated rings. The summed E-state index contributed by atoms with van der Waals surface area (Å²) in [5, 5.41) is 11.1. The minimum absolute atomic E-state index is 0.112. The molecule has 0 aliphatic carbocycles. The average molecular weight is 346 g/mol. The highest BCUT2D eigenvalue weighted by Crippen LogP contribution is 2.36. The quantitative estimate of drug-likeness (QED) is 0.663. The second-order valence-corrected chi connectivity index (χ2v) is 5.56. The molecule has 0 aromatic heterocycles. The Bertz CT molecular complexity index is 641. The Morgan fingerprint density at radius 3 is 2.33 bits per heavy atom. The van der Waals surface area contributed by atoms with Crippen molar-refractivity contribution in [3.63, 3.8) is 0 Å². The van der Waals surface area contributed by atoms with Gasteiger partial charge in [-0.2, -0.15) is 13.2 Å². The normalized spacial score (nSPS) is 16.9. The van der Waals surface area contributed by atoms with Crippen LogP contribution in [0.15, 0.2) is 18.2 Å². The van der Waals surface area contributed by atoms with Crippen LogP contribution in [0, 0.1) is 10.1 Å². The first-order valence-electron chi connectivity index (χ1n) is 7.26. The van der Waals surface area contributed by atoms with Crippen LogP contribution in [0.25, 0.3) is 0 Å². The van der Waals surface area contributed by atoms with E-state index in [4.69, 9.17) is 5.73 Å². The molecule has 1 saturated heterocycles. The first-order valence-corrected chi connectivity index (χ1v) is 7.26. The Morgan fingerprint density at radius 2 is 1.88 bits per heavy atom. The standard InChI is InChI=1S/C14H17F3N4O3/c1-9(18)13(22)20-6-4-19(5-7-20)11-3-2-10(14(15,16)17)8-12(11)21(23)24/h2-3,8-9H,4-7,18H2,1H3. The molecule has 1 heterocycles. The molecule has 1 aliphatic rings. The number of carbonyl (C=O) groups excluding carboxylic acids is 1. The Hall–Kier alpha value is -2.36. The van der Waals surface area contributed by atoms with Gasteiger partial charge in [0.1, 0.15) is 5.69 Å². The Kier molecular flexibility index (Phi) is 4.97. The van der Waals surface area contributed by atoms with Crippen molar-refractivity contribution in [1.29, 1.82) is 0 Å². The van der Waals surface area contributed by atoms with E-state index in [-0.39, 0.29) is 24.7 Å². The Morgan fingerprint density at radius 1 is 1.29 bits per heavy atom. The summed E-state index contributed by atoms with van der Waals surface area (Å²) in [5.74, 6) is -0.225. The van der Waals surface area contributed by atoms with Crippen LogP contribution in [-0.2, 0) is 11.0 Å². The zero-order valence-corrected chi connectivity index (χ0v) is 12.9. The molecule has 10 heteroatoms. The first-order chi connectivity index (χ1) is 11.1.